The van der Waals surface area contributed by atoms with Crippen molar-refractivity contribution in [3.63, 3.8) is 0 Å². The molecule has 0 radical (unpaired) electrons. The van der Waals surface area contributed by atoms with E-state index in [1.54, 1.807) is 4.90 Å². The molecular formula is C16H24ClN3O+2. The number of amides is 1. The number of carbonyl (C=O) groups is 1. The van der Waals surface area contributed by atoms with Gasteiger partial charge in [-0.25, -0.2) is 0 Å². The summed E-state index contributed by atoms with van der Waals surface area (Å²) in [4.78, 5) is 14.8. The van der Waals surface area contributed by atoms with Gasteiger partial charge in [-0.3, -0.25) is 4.79 Å². The summed E-state index contributed by atoms with van der Waals surface area (Å²) in [5, 5.41) is 3.89. The maximum atomic E-state index is 11.8. The predicted octanol–water partition coefficient (Wildman–Crippen LogP) is -1.10. The second-order valence-corrected chi connectivity index (χ2v) is 6.76. The Morgan fingerprint density at radius 1 is 1.19 bits per heavy atom. The number of carbonyl (C=O) groups excluding carboxylic acids is 1. The first-order chi connectivity index (χ1) is 10.2. The fourth-order valence-corrected chi connectivity index (χ4v) is 3.19. The van der Waals surface area contributed by atoms with E-state index in [2.05, 4.69) is 17.4 Å². The van der Waals surface area contributed by atoms with Crippen molar-refractivity contribution in [1.29, 1.82) is 0 Å². The van der Waals surface area contributed by atoms with Gasteiger partial charge in [-0.15, -0.1) is 0 Å². The highest BCUT2D eigenvalue weighted by atomic mass is 35.5. The maximum Gasteiger partial charge on any atom is 0.275 e. The molecule has 5 heteroatoms. The number of hydrogen-bond acceptors (Lipinski definition) is 1. The molecule has 0 aromatic heterocycles. The number of quaternary nitrogens is 2. The molecule has 0 atom stereocenters. The third-order valence-electron chi connectivity index (χ3n) is 4.36. The highest BCUT2D eigenvalue weighted by Gasteiger charge is 2.28. The SMILES string of the molecule is O=C(C[NH+]1CC[NH+](Cc2cccc(Cl)c2)CC1)NC1CC1. The zero-order valence-corrected chi connectivity index (χ0v) is 13.1. The first-order valence-corrected chi connectivity index (χ1v) is 8.28. The average Bonchev–Trinajstić information content (AvgIpc) is 3.25. The number of hydrogen-bond donors (Lipinski definition) is 3. The molecule has 2 fully saturated rings. The van der Waals surface area contributed by atoms with Crippen molar-refractivity contribution >= 4 is 17.5 Å². The molecule has 1 heterocycles. The molecule has 114 valence electrons. The number of halogens is 1. The molecule has 1 aromatic carbocycles. The van der Waals surface area contributed by atoms with Gasteiger partial charge in [-0.2, -0.15) is 0 Å². The van der Waals surface area contributed by atoms with Crippen molar-refractivity contribution in [3.8, 4) is 0 Å². The molecule has 1 amide bonds. The van der Waals surface area contributed by atoms with Gasteiger partial charge in [0.2, 0.25) is 0 Å². The van der Waals surface area contributed by atoms with E-state index in [0.717, 1.165) is 37.7 Å². The smallest absolute Gasteiger partial charge is 0.275 e. The highest BCUT2D eigenvalue weighted by Crippen LogP contribution is 2.17. The largest absolute Gasteiger partial charge is 0.348 e. The molecule has 21 heavy (non-hydrogen) atoms. The van der Waals surface area contributed by atoms with Crippen molar-refractivity contribution < 1.29 is 14.6 Å². The standard InChI is InChI=1S/C16H22ClN3O/c17-14-3-1-2-13(10-14)11-19-6-8-20(9-7-19)12-16(21)18-15-4-5-15/h1-3,10,15H,4-9,11-12H2,(H,18,21)/p+2. The summed E-state index contributed by atoms with van der Waals surface area (Å²) in [6.45, 7) is 6.07. The van der Waals surface area contributed by atoms with Gasteiger partial charge < -0.3 is 15.1 Å². The van der Waals surface area contributed by atoms with Crippen LogP contribution < -0.4 is 15.1 Å². The first kappa shape index (κ1) is 14.8. The van der Waals surface area contributed by atoms with E-state index >= 15 is 0 Å². The molecule has 1 aromatic rings. The summed E-state index contributed by atoms with van der Waals surface area (Å²) < 4.78 is 0. The Bertz CT molecular complexity index is 496. The minimum Gasteiger partial charge on any atom is -0.348 e. The van der Waals surface area contributed by atoms with Crippen LogP contribution in [0.5, 0.6) is 0 Å². The van der Waals surface area contributed by atoms with Crippen LogP contribution in [0, 0.1) is 0 Å². The lowest BCUT2D eigenvalue weighted by Gasteiger charge is -2.29. The molecule has 4 nitrogen and oxygen atoms in total. The molecule has 1 aliphatic heterocycles. The van der Waals surface area contributed by atoms with E-state index in [1.807, 2.05) is 12.1 Å². The van der Waals surface area contributed by atoms with Crippen LogP contribution in [0.25, 0.3) is 0 Å². The van der Waals surface area contributed by atoms with Crippen LogP contribution in [0.15, 0.2) is 24.3 Å². The van der Waals surface area contributed by atoms with Gasteiger partial charge >= 0.3 is 0 Å². The van der Waals surface area contributed by atoms with Gasteiger partial charge in [0.25, 0.3) is 5.91 Å². The van der Waals surface area contributed by atoms with Gasteiger partial charge in [-0.05, 0) is 25.0 Å². The Morgan fingerprint density at radius 2 is 1.90 bits per heavy atom. The monoisotopic (exact) mass is 309 g/mol. The summed E-state index contributed by atoms with van der Waals surface area (Å²) >= 11 is 6.03. The molecule has 1 aliphatic carbocycles. The van der Waals surface area contributed by atoms with Crippen LogP contribution in [-0.4, -0.2) is 44.7 Å². The molecule has 0 spiro atoms. The number of rotatable bonds is 5. The Morgan fingerprint density at radius 3 is 2.57 bits per heavy atom. The van der Waals surface area contributed by atoms with Crippen molar-refractivity contribution in [2.24, 2.45) is 0 Å². The molecule has 2 aliphatic rings. The van der Waals surface area contributed by atoms with E-state index in [9.17, 15) is 4.79 Å². The summed E-state index contributed by atoms with van der Waals surface area (Å²) in [6.07, 6.45) is 2.33. The summed E-state index contributed by atoms with van der Waals surface area (Å²) in [7, 11) is 0. The average molecular weight is 310 g/mol. The van der Waals surface area contributed by atoms with Gasteiger partial charge in [0.1, 0.15) is 32.7 Å². The van der Waals surface area contributed by atoms with Crippen LogP contribution in [-0.2, 0) is 11.3 Å². The molecule has 3 rings (SSSR count). The predicted molar refractivity (Wildman–Crippen MR) is 82.6 cm³/mol. The minimum absolute atomic E-state index is 0.228. The minimum atomic E-state index is 0.228. The van der Waals surface area contributed by atoms with Crippen molar-refractivity contribution in [1.82, 2.24) is 5.32 Å². The zero-order chi connectivity index (χ0) is 14.7. The van der Waals surface area contributed by atoms with Crippen molar-refractivity contribution in [2.45, 2.75) is 25.4 Å². The quantitative estimate of drug-likeness (QED) is 0.635. The number of benzene rings is 1. The first-order valence-electron chi connectivity index (χ1n) is 7.90. The lowest BCUT2D eigenvalue weighted by atomic mass is 10.2. The molecule has 1 saturated carbocycles. The molecular weight excluding hydrogens is 286 g/mol. The number of piperazine rings is 1. The van der Waals surface area contributed by atoms with Gasteiger partial charge in [0, 0.05) is 16.6 Å². The summed E-state index contributed by atoms with van der Waals surface area (Å²) in [5.41, 5.74) is 1.30. The maximum absolute atomic E-state index is 11.8. The molecule has 0 unspecified atom stereocenters. The normalized spacial score (nSPS) is 25.6. The van der Waals surface area contributed by atoms with Crippen molar-refractivity contribution in [2.75, 3.05) is 32.7 Å². The van der Waals surface area contributed by atoms with E-state index in [1.165, 1.54) is 23.3 Å². The highest BCUT2D eigenvalue weighted by molar-refractivity contribution is 6.30. The second-order valence-electron chi connectivity index (χ2n) is 6.33. The Hall–Kier alpha value is -1.10. The lowest BCUT2D eigenvalue weighted by molar-refractivity contribution is -1.02. The van der Waals surface area contributed by atoms with E-state index in [4.69, 9.17) is 11.6 Å². The van der Waals surface area contributed by atoms with Gasteiger partial charge in [-0.1, -0.05) is 23.7 Å². The second kappa shape index (κ2) is 6.77. The molecule has 3 N–H and O–H groups in total. The van der Waals surface area contributed by atoms with Gasteiger partial charge in [0.05, 0.1) is 0 Å². The summed E-state index contributed by atoms with van der Waals surface area (Å²) in [6, 6.07) is 8.60. The molecule has 1 saturated heterocycles. The van der Waals surface area contributed by atoms with Crippen molar-refractivity contribution in [3.05, 3.63) is 34.9 Å². The topological polar surface area (TPSA) is 38.0 Å². The Labute approximate surface area is 131 Å². The zero-order valence-electron chi connectivity index (χ0n) is 12.3. The fourth-order valence-electron chi connectivity index (χ4n) is 2.98. The van der Waals surface area contributed by atoms with Crippen LogP contribution in [0.3, 0.4) is 0 Å². The number of nitrogens with one attached hydrogen (secondary N) is 3. The Balaban J connectivity index is 1.41. The van der Waals surface area contributed by atoms with E-state index in [-0.39, 0.29) is 5.91 Å². The van der Waals surface area contributed by atoms with Crippen LogP contribution in [0.2, 0.25) is 5.02 Å². The van der Waals surface area contributed by atoms with Gasteiger partial charge in [0.15, 0.2) is 6.54 Å². The van der Waals surface area contributed by atoms with Crippen LogP contribution >= 0.6 is 11.6 Å². The fraction of sp³-hybridized carbons (Fsp3) is 0.562. The third kappa shape index (κ3) is 4.70. The van der Waals surface area contributed by atoms with E-state index in [0.29, 0.717) is 12.6 Å². The summed E-state index contributed by atoms with van der Waals surface area (Å²) in [5.74, 6) is 0.228. The Kier molecular flexibility index (Phi) is 4.78. The lowest BCUT2D eigenvalue weighted by Crippen LogP contribution is -3.28. The van der Waals surface area contributed by atoms with E-state index < -0.39 is 0 Å². The van der Waals surface area contributed by atoms with Crippen LogP contribution in [0.4, 0.5) is 0 Å². The third-order valence-corrected chi connectivity index (χ3v) is 4.60. The molecule has 0 bridgehead atoms. The van der Waals surface area contributed by atoms with Crippen LogP contribution in [0.1, 0.15) is 18.4 Å².